The van der Waals surface area contributed by atoms with Gasteiger partial charge in [0.2, 0.25) is 0 Å². The highest BCUT2D eigenvalue weighted by Crippen LogP contribution is 2.40. The molecule has 0 saturated carbocycles. The lowest BCUT2D eigenvalue weighted by molar-refractivity contribution is -0.140. The zero-order chi connectivity index (χ0) is 23.2. The summed E-state index contributed by atoms with van der Waals surface area (Å²) in [5.74, 6) is -2.20. The van der Waals surface area contributed by atoms with Crippen LogP contribution < -0.4 is 10.2 Å². The van der Waals surface area contributed by atoms with E-state index >= 15 is 0 Å². The average molecular weight is 466 g/mol. The summed E-state index contributed by atoms with van der Waals surface area (Å²) in [7, 11) is 0. The Hall–Kier alpha value is -2.99. The molecule has 0 radical (unpaired) electrons. The number of alkyl halides is 3. The van der Waals surface area contributed by atoms with Crippen LogP contribution in [0.15, 0.2) is 18.3 Å². The average Bonchev–Trinajstić information content (AvgIpc) is 3.20. The molecule has 1 aromatic carbocycles. The van der Waals surface area contributed by atoms with Crippen molar-refractivity contribution in [2.24, 2.45) is 0 Å². The SMILES string of the molecule is Oc1cc(-c2nn(C3CCCCO3)c3nc(N4CCNCC4)cnc23)cc(C(F)(F)F)c1F. The number of rotatable bonds is 3. The summed E-state index contributed by atoms with van der Waals surface area (Å²) in [5, 5.41) is 17.6. The summed E-state index contributed by atoms with van der Waals surface area (Å²) < 4.78 is 61.5. The zero-order valence-electron chi connectivity index (χ0n) is 17.6. The highest BCUT2D eigenvalue weighted by atomic mass is 19.4. The molecule has 8 nitrogen and oxygen atoms in total. The van der Waals surface area contributed by atoms with E-state index in [1.165, 1.54) is 4.68 Å². The van der Waals surface area contributed by atoms with Crippen molar-refractivity contribution in [3.05, 3.63) is 29.7 Å². The number of benzene rings is 1. The fraction of sp³-hybridized carbons (Fsp3) is 0.476. The molecule has 2 saturated heterocycles. The van der Waals surface area contributed by atoms with Crippen LogP contribution in [0.1, 0.15) is 31.1 Å². The number of halogens is 4. The molecule has 1 unspecified atom stereocenters. The minimum absolute atomic E-state index is 0.0688. The Kier molecular flexibility index (Phi) is 5.57. The second-order valence-electron chi connectivity index (χ2n) is 8.11. The number of nitrogens with zero attached hydrogens (tertiary/aromatic N) is 5. The Morgan fingerprint density at radius 1 is 1.15 bits per heavy atom. The van der Waals surface area contributed by atoms with Crippen LogP contribution in [0.2, 0.25) is 0 Å². The molecule has 4 heterocycles. The fourth-order valence-corrected chi connectivity index (χ4v) is 4.21. The minimum Gasteiger partial charge on any atom is -0.505 e. The first kappa shape index (κ1) is 21.8. The van der Waals surface area contributed by atoms with Gasteiger partial charge in [0.1, 0.15) is 17.0 Å². The molecule has 0 spiro atoms. The van der Waals surface area contributed by atoms with Gasteiger partial charge in [-0.05, 0) is 31.4 Å². The van der Waals surface area contributed by atoms with Crippen molar-refractivity contribution in [1.82, 2.24) is 25.1 Å². The second kappa shape index (κ2) is 8.41. The van der Waals surface area contributed by atoms with Gasteiger partial charge in [0.05, 0.1) is 11.8 Å². The van der Waals surface area contributed by atoms with E-state index in [-0.39, 0.29) is 16.8 Å². The number of fused-ring (bicyclic) bond motifs is 1. The van der Waals surface area contributed by atoms with Crippen LogP contribution in [0.5, 0.6) is 5.75 Å². The molecule has 12 heteroatoms. The minimum atomic E-state index is -4.98. The van der Waals surface area contributed by atoms with E-state index in [0.717, 1.165) is 45.1 Å². The molecular weight excluding hydrogens is 444 g/mol. The maximum absolute atomic E-state index is 14.0. The van der Waals surface area contributed by atoms with E-state index in [9.17, 15) is 22.7 Å². The maximum Gasteiger partial charge on any atom is 0.419 e. The summed E-state index contributed by atoms with van der Waals surface area (Å²) in [6.45, 7) is 3.60. The van der Waals surface area contributed by atoms with Gasteiger partial charge in [-0.3, -0.25) is 0 Å². The molecule has 33 heavy (non-hydrogen) atoms. The lowest BCUT2D eigenvalue weighted by Gasteiger charge is -2.28. The molecule has 2 N–H and O–H groups in total. The number of ether oxygens (including phenoxy) is 1. The van der Waals surface area contributed by atoms with Gasteiger partial charge >= 0.3 is 6.18 Å². The molecule has 176 valence electrons. The molecule has 0 aliphatic carbocycles. The zero-order valence-corrected chi connectivity index (χ0v) is 17.6. The smallest absolute Gasteiger partial charge is 0.419 e. The first-order valence-corrected chi connectivity index (χ1v) is 10.8. The summed E-state index contributed by atoms with van der Waals surface area (Å²) in [6, 6.07) is 1.55. The van der Waals surface area contributed by atoms with Crippen molar-refractivity contribution in [3.8, 4) is 17.0 Å². The summed E-state index contributed by atoms with van der Waals surface area (Å²) in [6.07, 6.45) is -1.40. The largest absolute Gasteiger partial charge is 0.505 e. The third kappa shape index (κ3) is 4.08. The Balaban J connectivity index is 1.67. The predicted molar refractivity (Wildman–Crippen MR) is 111 cm³/mol. The van der Waals surface area contributed by atoms with E-state index in [1.807, 2.05) is 0 Å². The number of piperazine rings is 1. The van der Waals surface area contributed by atoms with Gasteiger partial charge < -0.3 is 20.1 Å². The van der Waals surface area contributed by atoms with Crippen LogP contribution in [-0.4, -0.2) is 57.6 Å². The monoisotopic (exact) mass is 466 g/mol. The second-order valence-corrected chi connectivity index (χ2v) is 8.11. The normalized spacial score (nSPS) is 19.9. The standard InChI is InChI=1S/C21H22F4N6O2/c22-17-13(21(23,24)25)9-12(10-14(17)32)18-19-20(31(29-18)16-3-1-2-8-33-16)28-15(11-27-19)30-6-4-26-5-7-30/h9-11,16,26,32H,1-8H2. The summed E-state index contributed by atoms with van der Waals surface area (Å²) in [4.78, 5) is 11.3. The number of aromatic hydroxyl groups is 1. The summed E-state index contributed by atoms with van der Waals surface area (Å²) in [5.41, 5.74) is -0.989. The lowest BCUT2D eigenvalue weighted by atomic mass is 10.1. The van der Waals surface area contributed by atoms with Crippen LogP contribution in [0.25, 0.3) is 22.4 Å². The number of nitrogens with one attached hydrogen (secondary N) is 1. The van der Waals surface area contributed by atoms with Gasteiger partial charge in [0.15, 0.2) is 23.4 Å². The van der Waals surface area contributed by atoms with E-state index < -0.39 is 29.5 Å². The van der Waals surface area contributed by atoms with Crippen molar-refractivity contribution in [3.63, 3.8) is 0 Å². The first-order chi connectivity index (χ1) is 15.8. The lowest BCUT2D eigenvalue weighted by Crippen LogP contribution is -2.44. The quantitative estimate of drug-likeness (QED) is 0.572. The molecule has 5 rings (SSSR count). The molecular formula is C21H22F4N6O2. The molecule has 1 atom stereocenters. The van der Waals surface area contributed by atoms with Gasteiger partial charge in [-0.15, -0.1) is 0 Å². The van der Waals surface area contributed by atoms with Crippen molar-refractivity contribution >= 4 is 17.0 Å². The van der Waals surface area contributed by atoms with Crippen molar-refractivity contribution < 1.29 is 27.4 Å². The molecule has 3 aromatic rings. The Labute approximate surface area is 186 Å². The van der Waals surface area contributed by atoms with Crippen LogP contribution in [0.4, 0.5) is 23.4 Å². The fourth-order valence-electron chi connectivity index (χ4n) is 4.21. The number of hydrogen-bond acceptors (Lipinski definition) is 7. The summed E-state index contributed by atoms with van der Waals surface area (Å²) >= 11 is 0. The van der Waals surface area contributed by atoms with Crippen LogP contribution >= 0.6 is 0 Å². The van der Waals surface area contributed by atoms with Gasteiger partial charge in [-0.2, -0.15) is 18.3 Å². The number of anilines is 1. The van der Waals surface area contributed by atoms with Gasteiger partial charge in [0.25, 0.3) is 0 Å². The number of phenols is 1. The molecule has 2 aromatic heterocycles. The van der Waals surface area contributed by atoms with E-state index in [0.29, 0.717) is 30.6 Å². The number of aromatic nitrogens is 4. The molecule has 2 aliphatic heterocycles. The van der Waals surface area contributed by atoms with Gasteiger partial charge in [-0.25, -0.2) is 19.0 Å². The van der Waals surface area contributed by atoms with Crippen LogP contribution in [0, 0.1) is 5.82 Å². The highest BCUT2D eigenvalue weighted by Gasteiger charge is 2.36. The van der Waals surface area contributed by atoms with E-state index in [4.69, 9.17) is 9.72 Å². The van der Waals surface area contributed by atoms with Crippen molar-refractivity contribution in [2.75, 3.05) is 37.7 Å². The number of hydrogen-bond donors (Lipinski definition) is 2. The molecule has 2 aliphatic rings. The van der Waals surface area contributed by atoms with E-state index in [2.05, 4.69) is 20.3 Å². The third-order valence-corrected chi connectivity index (χ3v) is 5.89. The van der Waals surface area contributed by atoms with Crippen molar-refractivity contribution in [1.29, 1.82) is 0 Å². The van der Waals surface area contributed by atoms with Crippen LogP contribution in [-0.2, 0) is 10.9 Å². The Bertz CT molecular complexity index is 1170. The number of phenolic OH excluding ortho intramolecular Hbond substituents is 1. The Morgan fingerprint density at radius 3 is 2.64 bits per heavy atom. The van der Waals surface area contributed by atoms with E-state index in [1.54, 1.807) is 6.20 Å². The topological polar surface area (TPSA) is 88.3 Å². The third-order valence-electron chi connectivity index (χ3n) is 5.89. The molecule has 0 bridgehead atoms. The highest BCUT2D eigenvalue weighted by molar-refractivity contribution is 5.89. The first-order valence-electron chi connectivity index (χ1n) is 10.8. The predicted octanol–water partition coefficient (Wildman–Crippen LogP) is 3.47. The van der Waals surface area contributed by atoms with Crippen LogP contribution in [0.3, 0.4) is 0 Å². The van der Waals surface area contributed by atoms with Gasteiger partial charge in [-0.1, -0.05) is 0 Å². The molecule has 0 amide bonds. The van der Waals surface area contributed by atoms with Crippen molar-refractivity contribution in [2.45, 2.75) is 31.7 Å². The maximum atomic E-state index is 14.0. The van der Waals surface area contributed by atoms with Gasteiger partial charge in [0, 0.05) is 38.3 Å². The molecule has 2 fully saturated rings. The Morgan fingerprint density at radius 2 is 1.94 bits per heavy atom.